The highest BCUT2D eigenvalue weighted by Gasteiger charge is 2.12. The van der Waals surface area contributed by atoms with E-state index in [2.05, 4.69) is 5.16 Å². The van der Waals surface area contributed by atoms with Crippen molar-refractivity contribution in [3.63, 3.8) is 0 Å². The van der Waals surface area contributed by atoms with Gasteiger partial charge in [0, 0.05) is 10.5 Å². The van der Waals surface area contributed by atoms with Gasteiger partial charge in [0.05, 0.1) is 18.3 Å². The predicted molar refractivity (Wildman–Crippen MR) is 73.1 cm³/mol. The number of amidine groups is 1. The fourth-order valence-corrected chi connectivity index (χ4v) is 2.59. The number of hydrogen-bond acceptors (Lipinski definition) is 5. The lowest BCUT2D eigenvalue weighted by atomic mass is 10.2. The first-order valence-electron chi connectivity index (χ1n) is 5.53. The van der Waals surface area contributed by atoms with Gasteiger partial charge in [-0.15, -0.1) is 0 Å². The molecule has 0 spiro atoms. The number of rotatable bonds is 4. The maximum atomic E-state index is 8.82. The number of nitrogens with two attached hydrogens (primary N) is 1. The molecule has 5 nitrogen and oxygen atoms in total. The standard InChI is InChI=1S/C13H14N2O3S/c1-8-11(5-6-18-8)19-12-7-9(17-2)3-4-10(12)13(14)15-16/h3-7,16H,1-2H3,(H2,14,15). The van der Waals surface area contributed by atoms with Crippen LogP contribution in [-0.2, 0) is 0 Å². The summed E-state index contributed by atoms with van der Waals surface area (Å²) in [6.45, 7) is 1.88. The molecule has 0 radical (unpaired) electrons. The van der Waals surface area contributed by atoms with E-state index >= 15 is 0 Å². The van der Waals surface area contributed by atoms with Gasteiger partial charge in [-0.05, 0) is 31.2 Å². The van der Waals surface area contributed by atoms with E-state index in [1.165, 1.54) is 11.8 Å². The molecule has 1 aromatic heterocycles. The molecule has 0 aliphatic heterocycles. The van der Waals surface area contributed by atoms with E-state index in [0.717, 1.165) is 15.6 Å². The zero-order valence-electron chi connectivity index (χ0n) is 10.6. The number of nitrogens with zero attached hydrogens (tertiary/aromatic N) is 1. The second-order valence-corrected chi connectivity index (χ2v) is 4.87. The number of oxime groups is 1. The Morgan fingerprint density at radius 2 is 2.16 bits per heavy atom. The summed E-state index contributed by atoms with van der Waals surface area (Å²) in [5.41, 5.74) is 6.32. The third-order valence-corrected chi connectivity index (χ3v) is 3.80. The minimum absolute atomic E-state index is 0.0614. The molecule has 6 heteroatoms. The first kappa shape index (κ1) is 13.4. The van der Waals surface area contributed by atoms with Crippen molar-refractivity contribution in [3.8, 4) is 5.75 Å². The predicted octanol–water partition coefficient (Wildman–Crippen LogP) is 2.84. The van der Waals surface area contributed by atoms with Crippen LogP contribution in [0.3, 0.4) is 0 Å². The Morgan fingerprint density at radius 1 is 1.37 bits per heavy atom. The zero-order chi connectivity index (χ0) is 13.8. The van der Waals surface area contributed by atoms with Crippen molar-refractivity contribution < 1.29 is 14.4 Å². The van der Waals surface area contributed by atoms with Crippen LogP contribution >= 0.6 is 11.8 Å². The molecular formula is C13H14N2O3S. The van der Waals surface area contributed by atoms with E-state index in [0.29, 0.717) is 11.3 Å². The molecule has 19 heavy (non-hydrogen) atoms. The Morgan fingerprint density at radius 3 is 2.74 bits per heavy atom. The third-order valence-electron chi connectivity index (χ3n) is 2.60. The zero-order valence-corrected chi connectivity index (χ0v) is 11.4. The van der Waals surface area contributed by atoms with Crippen molar-refractivity contribution >= 4 is 17.6 Å². The van der Waals surface area contributed by atoms with Gasteiger partial charge in [-0.25, -0.2) is 0 Å². The molecule has 1 aromatic carbocycles. The van der Waals surface area contributed by atoms with E-state index in [1.807, 2.05) is 19.1 Å². The number of ether oxygens (including phenoxy) is 1. The van der Waals surface area contributed by atoms with E-state index in [9.17, 15) is 0 Å². The van der Waals surface area contributed by atoms with Crippen molar-refractivity contribution in [1.82, 2.24) is 0 Å². The maximum absolute atomic E-state index is 8.82. The molecule has 0 fully saturated rings. The highest BCUT2D eigenvalue weighted by atomic mass is 32.2. The average molecular weight is 278 g/mol. The Hall–Kier alpha value is -2.08. The summed E-state index contributed by atoms with van der Waals surface area (Å²) in [6.07, 6.45) is 1.63. The van der Waals surface area contributed by atoms with Crippen LogP contribution in [0.25, 0.3) is 0 Å². The van der Waals surface area contributed by atoms with Gasteiger partial charge in [0.2, 0.25) is 0 Å². The summed E-state index contributed by atoms with van der Waals surface area (Å²) in [7, 11) is 1.59. The number of benzene rings is 1. The first-order valence-corrected chi connectivity index (χ1v) is 6.35. The number of hydrogen-bond donors (Lipinski definition) is 2. The van der Waals surface area contributed by atoms with Crippen molar-refractivity contribution in [3.05, 3.63) is 41.9 Å². The molecule has 3 N–H and O–H groups in total. The summed E-state index contributed by atoms with van der Waals surface area (Å²) in [5.74, 6) is 1.59. The molecule has 2 rings (SSSR count). The first-order chi connectivity index (χ1) is 9.15. The monoisotopic (exact) mass is 278 g/mol. The van der Waals surface area contributed by atoms with E-state index in [-0.39, 0.29) is 5.84 Å². The summed E-state index contributed by atoms with van der Waals surface area (Å²) in [6, 6.07) is 7.23. The Labute approximate surface area is 115 Å². The molecule has 1 heterocycles. The summed E-state index contributed by atoms with van der Waals surface area (Å²) >= 11 is 1.48. The Bertz CT molecular complexity index is 608. The van der Waals surface area contributed by atoms with E-state index in [1.54, 1.807) is 25.5 Å². The fourth-order valence-electron chi connectivity index (χ4n) is 1.58. The number of aryl methyl sites for hydroxylation is 1. The quantitative estimate of drug-likeness (QED) is 0.389. The lowest BCUT2D eigenvalue weighted by Crippen LogP contribution is -2.14. The second kappa shape index (κ2) is 5.71. The normalized spacial score (nSPS) is 11.6. The average Bonchev–Trinajstić information content (AvgIpc) is 2.83. The lowest BCUT2D eigenvalue weighted by Gasteiger charge is -2.09. The van der Waals surface area contributed by atoms with E-state index < -0.39 is 0 Å². The van der Waals surface area contributed by atoms with Gasteiger partial charge >= 0.3 is 0 Å². The molecule has 0 saturated carbocycles. The van der Waals surface area contributed by atoms with Crippen molar-refractivity contribution in [1.29, 1.82) is 0 Å². The Kier molecular flexibility index (Phi) is 4.01. The molecule has 0 unspecified atom stereocenters. The molecule has 0 saturated heterocycles. The summed E-state index contributed by atoms with van der Waals surface area (Å²) in [5, 5.41) is 11.9. The number of furan rings is 1. The van der Waals surface area contributed by atoms with Crippen LogP contribution in [0.15, 0.2) is 49.9 Å². The largest absolute Gasteiger partial charge is 0.497 e. The minimum Gasteiger partial charge on any atom is -0.497 e. The van der Waals surface area contributed by atoms with Crippen molar-refractivity contribution in [2.75, 3.05) is 7.11 Å². The summed E-state index contributed by atoms with van der Waals surface area (Å²) < 4.78 is 10.4. The highest BCUT2D eigenvalue weighted by molar-refractivity contribution is 7.99. The lowest BCUT2D eigenvalue weighted by molar-refractivity contribution is 0.318. The maximum Gasteiger partial charge on any atom is 0.171 e. The van der Waals surface area contributed by atoms with Gasteiger partial charge in [0.15, 0.2) is 5.84 Å². The van der Waals surface area contributed by atoms with Crippen LogP contribution in [-0.4, -0.2) is 18.2 Å². The third kappa shape index (κ3) is 2.85. The Balaban J connectivity index is 2.44. The SMILES string of the molecule is COc1ccc(/C(N)=N/O)c(Sc2ccoc2C)c1. The molecule has 0 atom stereocenters. The molecular weight excluding hydrogens is 264 g/mol. The molecule has 0 aliphatic rings. The van der Waals surface area contributed by atoms with Crippen LogP contribution in [0, 0.1) is 6.92 Å². The van der Waals surface area contributed by atoms with Crippen molar-refractivity contribution in [2.45, 2.75) is 16.7 Å². The minimum atomic E-state index is 0.0614. The molecule has 2 aromatic rings. The molecule has 0 aliphatic carbocycles. The van der Waals surface area contributed by atoms with Crippen LogP contribution in [0.2, 0.25) is 0 Å². The number of methoxy groups -OCH3 is 1. The fraction of sp³-hybridized carbons (Fsp3) is 0.154. The highest BCUT2D eigenvalue weighted by Crippen LogP contribution is 2.35. The van der Waals surface area contributed by atoms with Crippen LogP contribution in [0.5, 0.6) is 5.75 Å². The molecule has 0 amide bonds. The van der Waals surface area contributed by atoms with Gasteiger partial charge in [-0.3, -0.25) is 0 Å². The topological polar surface area (TPSA) is 81.0 Å². The van der Waals surface area contributed by atoms with Crippen LogP contribution < -0.4 is 10.5 Å². The smallest absolute Gasteiger partial charge is 0.171 e. The van der Waals surface area contributed by atoms with E-state index in [4.69, 9.17) is 20.1 Å². The van der Waals surface area contributed by atoms with Gasteiger partial charge in [0.25, 0.3) is 0 Å². The van der Waals surface area contributed by atoms with Gasteiger partial charge < -0.3 is 20.1 Å². The molecule has 100 valence electrons. The van der Waals surface area contributed by atoms with Gasteiger partial charge in [-0.1, -0.05) is 16.9 Å². The molecule has 0 bridgehead atoms. The van der Waals surface area contributed by atoms with Crippen molar-refractivity contribution in [2.24, 2.45) is 10.9 Å². The van der Waals surface area contributed by atoms with Gasteiger partial charge in [-0.2, -0.15) is 0 Å². The second-order valence-electron chi connectivity index (χ2n) is 3.79. The van der Waals surface area contributed by atoms with Crippen LogP contribution in [0.1, 0.15) is 11.3 Å². The van der Waals surface area contributed by atoms with Crippen LogP contribution in [0.4, 0.5) is 0 Å². The summed E-state index contributed by atoms with van der Waals surface area (Å²) in [4.78, 5) is 1.80. The van der Waals surface area contributed by atoms with Gasteiger partial charge in [0.1, 0.15) is 11.5 Å².